The number of likely N-dealkylation sites (N-methyl/N-ethyl adjacent to an activating group) is 1. The van der Waals surface area contributed by atoms with Gasteiger partial charge in [0.05, 0.1) is 6.10 Å². The maximum absolute atomic E-state index is 11.1. The molecule has 0 spiro atoms. The zero-order chi connectivity index (χ0) is 9.03. The Morgan fingerprint density at radius 2 is 2.25 bits per heavy atom. The van der Waals surface area contributed by atoms with Gasteiger partial charge in [-0.15, -0.1) is 0 Å². The standard InChI is InChI=1S/C6H15N2O3P/c1-7-4-5-8-12(9,10)11-6-2-3-6/h6-7H,2-5H2,1H3,(H2,8,9,10). The molecule has 5 nitrogen and oxygen atoms in total. The largest absolute Gasteiger partial charge is 0.403 e. The van der Waals surface area contributed by atoms with E-state index < -0.39 is 7.75 Å². The third kappa shape index (κ3) is 4.18. The van der Waals surface area contributed by atoms with Crippen LogP contribution in [-0.2, 0) is 9.09 Å². The molecule has 6 heteroatoms. The van der Waals surface area contributed by atoms with E-state index in [1.54, 1.807) is 7.05 Å². The first-order valence-corrected chi connectivity index (χ1v) is 5.63. The van der Waals surface area contributed by atoms with E-state index in [4.69, 9.17) is 9.42 Å². The second-order valence-corrected chi connectivity index (χ2v) is 4.40. The third-order valence-electron chi connectivity index (χ3n) is 1.50. The highest BCUT2D eigenvalue weighted by Gasteiger charge is 2.31. The normalized spacial score (nSPS) is 22.2. The van der Waals surface area contributed by atoms with E-state index in [0.717, 1.165) is 12.8 Å². The van der Waals surface area contributed by atoms with Crippen LogP contribution in [0.2, 0.25) is 0 Å². The minimum atomic E-state index is -3.51. The van der Waals surface area contributed by atoms with Gasteiger partial charge >= 0.3 is 7.75 Å². The smallest absolute Gasteiger partial charge is 0.318 e. The second-order valence-electron chi connectivity index (χ2n) is 2.84. The summed E-state index contributed by atoms with van der Waals surface area (Å²) in [6.07, 6.45) is 1.80. The Kier molecular flexibility index (Phi) is 3.68. The predicted octanol–water partition coefficient (Wildman–Crippen LogP) is 0.0748. The Hall–Kier alpha value is 0.0700. The summed E-state index contributed by atoms with van der Waals surface area (Å²) >= 11 is 0. The van der Waals surface area contributed by atoms with Crippen LogP contribution < -0.4 is 10.4 Å². The molecule has 72 valence electrons. The first kappa shape index (κ1) is 10.2. The van der Waals surface area contributed by atoms with Gasteiger partial charge in [0.15, 0.2) is 0 Å². The van der Waals surface area contributed by atoms with Gasteiger partial charge in [0.25, 0.3) is 0 Å². The van der Waals surface area contributed by atoms with Crippen LogP contribution in [0.15, 0.2) is 0 Å². The molecule has 1 aliphatic carbocycles. The third-order valence-corrected chi connectivity index (χ3v) is 2.71. The Labute approximate surface area is 72.1 Å². The molecule has 0 radical (unpaired) electrons. The Bertz CT molecular complexity index is 184. The van der Waals surface area contributed by atoms with Crippen LogP contribution in [0.1, 0.15) is 12.8 Å². The van der Waals surface area contributed by atoms with E-state index in [1.165, 1.54) is 0 Å². The molecule has 1 unspecified atom stereocenters. The quantitative estimate of drug-likeness (QED) is 0.412. The number of hydrogen-bond donors (Lipinski definition) is 3. The molecule has 0 saturated heterocycles. The minimum Gasteiger partial charge on any atom is -0.318 e. The summed E-state index contributed by atoms with van der Waals surface area (Å²) in [4.78, 5) is 9.15. The van der Waals surface area contributed by atoms with Crippen molar-refractivity contribution in [3.05, 3.63) is 0 Å². The van der Waals surface area contributed by atoms with Crippen LogP contribution in [-0.4, -0.2) is 31.1 Å². The monoisotopic (exact) mass is 194 g/mol. The first-order valence-electron chi connectivity index (χ1n) is 4.05. The topological polar surface area (TPSA) is 70.6 Å². The molecule has 1 aliphatic rings. The van der Waals surface area contributed by atoms with Crippen molar-refractivity contribution in [3.8, 4) is 0 Å². The first-order chi connectivity index (χ1) is 5.64. The van der Waals surface area contributed by atoms with Gasteiger partial charge in [-0.3, -0.25) is 4.52 Å². The molecule has 1 fully saturated rings. The SMILES string of the molecule is CNCCNP(=O)(O)OC1CC1. The van der Waals surface area contributed by atoms with E-state index >= 15 is 0 Å². The molecule has 0 bridgehead atoms. The number of hydrogen-bond acceptors (Lipinski definition) is 3. The van der Waals surface area contributed by atoms with E-state index in [2.05, 4.69) is 10.4 Å². The minimum absolute atomic E-state index is 0.00270. The molecule has 1 rings (SSSR count). The second kappa shape index (κ2) is 4.35. The zero-order valence-corrected chi connectivity index (χ0v) is 8.01. The van der Waals surface area contributed by atoms with Gasteiger partial charge in [0, 0.05) is 13.1 Å². The summed E-state index contributed by atoms with van der Waals surface area (Å²) in [7, 11) is -1.72. The molecule has 1 atom stereocenters. The van der Waals surface area contributed by atoms with Crippen LogP contribution in [0, 0.1) is 0 Å². The maximum atomic E-state index is 11.1. The predicted molar refractivity (Wildman–Crippen MR) is 45.9 cm³/mol. The number of rotatable bonds is 6. The van der Waals surface area contributed by atoms with Crippen molar-refractivity contribution in [2.75, 3.05) is 20.1 Å². The molecule has 0 aromatic rings. The van der Waals surface area contributed by atoms with Crippen LogP contribution in [0.3, 0.4) is 0 Å². The van der Waals surface area contributed by atoms with Gasteiger partial charge < -0.3 is 10.2 Å². The van der Waals surface area contributed by atoms with Crippen molar-refractivity contribution in [1.82, 2.24) is 10.4 Å². The van der Waals surface area contributed by atoms with Gasteiger partial charge in [0.2, 0.25) is 0 Å². The van der Waals surface area contributed by atoms with Crippen molar-refractivity contribution in [3.63, 3.8) is 0 Å². The summed E-state index contributed by atoms with van der Waals surface area (Å²) in [5.41, 5.74) is 0. The average Bonchev–Trinajstić information content (AvgIpc) is 2.71. The lowest BCUT2D eigenvalue weighted by atomic mass is 10.7. The lowest BCUT2D eigenvalue weighted by Crippen LogP contribution is -2.23. The molecule has 1 saturated carbocycles. The van der Waals surface area contributed by atoms with Crippen LogP contribution in [0.25, 0.3) is 0 Å². The highest BCUT2D eigenvalue weighted by atomic mass is 31.2. The van der Waals surface area contributed by atoms with E-state index in [9.17, 15) is 4.57 Å². The summed E-state index contributed by atoms with van der Waals surface area (Å²) in [6, 6.07) is 0. The van der Waals surface area contributed by atoms with Crippen molar-refractivity contribution in [2.45, 2.75) is 18.9 Å². The van der Waals surface area contributed by atoms with Crippen LogP contribution in [0.4, 0.5) is 0 Å². The molecule has 0 heterocycles. The van der Waals surface area contributed by atoms with Crippen molar-refractivity contribution in [1.29, 1.82) is 0 Å². The number of nitrogens with one attached hydrogen (secondary N) is 2. The lowest BCUT2D eigenvalue weighted by molar-refractivity contribution is 0.239. The van der Waals surface area contributed by atoms with Gasteiger partial charge in [-0.2, -0.15) is 0 Å². The van der Waals surface area contributed by atoms with Gasteiger partial charge in [-0.25, -0.2) is 9.65 Å². The molecule has 3 N–H and O–H groups in total. The Morgan fingerprint density at radius 1 is 1.58 bits per heavy atom. The summed E-state index contributed by atoms with van der Waals surface area (Å²) in [6.45, 7) is 1.09. The average molecular weight is 194 g/mol. The van der Waals surface area contributed by atoms with E-state index in [-0.39, 0.29) is 6.10 Å². The molecule has 0 amide bonds. The molecule has 0 aliphatic heterocycles. The maximum Gasteiger partial charge on any atom is 0.403 e. The fourth-order valence-corrected chi connectivity index (χ4v) is 1.82. The van der Waals surface area contributed by atoms with Gasteiger partial charge in [0.1, 0.15) is 0 Å². The fraction of sp³-hybridized carbons (Fsp3) is 1.00. The van der Waals surface area contributed by atoms with Crippen molar-refractivity contribution < 1.29 is 14.0 Å². The molecule has 12 heavy (non-hydrogen) atoms. The van der Waals surface area contributed by atoms with E-state index in [0.29, 0.717) is 13.1 Å². The van der Waals surface area contributed by atoms with Gasteiger partial charge in [-0.05, 0) is 19.9 Å². The lowest BCUT2D eigenvalue weighted by Gasteiger charge is -2.11. The summed E-state index contributed by atoms with van der Waals surface area (Å²) in [5, 5.41) is 5.32. The van der Waals surface area contributed by atoms with Crippen LogP contribution in [0.5, 0.6) is 0 Å². The van der Waals surface area contributed by atoms with Crippen molar-refractivity contribution in [2.24, 2.45) is 0 Å². The van der Waals surface area contributed by atoms with Crippen LogP contribution >= 0.6 is 7.75 Å². The summed E-state index contributed by atoms with van der Waals surface area (Å²) in [5.74, 6) is 0. The Balaban J connectivity index is 2.13. The van der Waals surface area contributed by atoms with Gasteiger partial charge in [-0.1, -0.05) is 0 Å². The molecular weight excluding hydrogens is 179 g/mol. The Morgan fingerprint density at radius 3 is 2.75 bits per heavy atom. The zero-order valence-electron chi connectivity index (χ0n) is 7.12. The highest BCUT2D eigenvalue weighted by molar-refractivity contribution is 7.50. The fourth-order valence-electron chi connectivity index (χ4n) is 0.735. The summed E-state index contributed by atoms with van der Waals surface area (Å²) < 4.78 is 16.0. The highest BCUT2D eigenvalue weighted by Crippen LogP contribution is 2.44. The molecule has 0 aromatic carbocycles. The van der Waals surface area contributed by atoms with Crippen molar-refractivity contribution >= 4 is 7.75 Å². The molecule has 0 aromatic heterocycles. The molecular formula is C6H15N2O3P. The van der Waals surface area contributed by atoms with E-state index in [1.807, 2.05) is 0 Å².